The lowest BCUT2D eigenvalue weighted by Gasteiger charge is -2.36. The maximum atomic E-state index is 13.2. The van der Waals surface area contributed by atoms with Crippen molar-refractivity contribution in [2.24, 2.45) is 0 Å². The molecule has 0 radical (unpaired) electrons. The lowest BCUT2D eigenvalue weighted by Crippen LogP contribution is -2.46. The highest BCUT2D eigenvalue weighted by atomic mass is 19.1. The average Bonchev–Trinajstić information content (AvgIpc) is 2.43. The predicted molar refractivity (Wildman–Crippen MR) is 75.0 cm³/mol. The fourth-order valence-electron chi connectivity index (χ4n) is 2.97. The highest BCUT2D eigenvalue weighted by Crippen LogP contribution is 2.31. The van der Waals surface area contributed by atoms with Crippen LogP contribution in [0, 0.1) is 12.7 Å². The zero-order chi connectivity index (χ0) is 13.9. The zero-order valence-corrected chi connectivity index (χ0v) is 11.8. The van der Waals surface area contributed by atoms with E-state index in [1.165, 1.54) is 25.3 Å². The summed E-state index contributed by atoms with van der Waals surface area (Å²) in [5.41, 5.74) is 1.10. The van der Waals surface area contributed by atoms with Crippen LogP contribution in [0.25, 0.3) is 0 Å². The van der Waals surface area contributed by atoms with Gasteiger partial charge in [-0.25, -0.2) is 4.39 Å². The molecule has 1 aliphatic carbocycles. The van der Waals surface area contributed by atoms with E-state index in [1.807, 2.05) is 7.05 Å². The van der Waals surface area contributed by atoms with Crippen LogP contribution in [0.15, 0.2) is 18.2 Å². The molecule has 1 aliphatic rings. The number of halogens is 1. The van der Waals surface area contributed by atoms with E-state index in [0.717, 1.165) is 12.8 Å². The largest absolute Gasteiger partial charge is 0.314 e. The first kappa shape index (κ1) is 14.2. The molecule has 2 rings (SSSR count). The minimum atomic E-state index is -0.252. The van der Waals surface area contributed by atoms with Crippen LogP contribution in [0.5, 0.6) is 0 Å². The van der Waals surface area contributed by atoms with E-state index in [1.54, 1.807) is 19.1 Å². The van der Waals surface area contributed by atoms with E-state index in [9.17, 15) is 9.18 Å². The molecule has 0 aromatic heterocycles. The monoisotopic (exact) mass is 263 g/mol. The van der Waals surface area contributed by atoms with E-state index < -0.39 is 0 Å². The standard InChI is InChI=1S/C16H22FNO/c1-12-10-13(6-7-14(12)17)15(19)11-16(18-2)8-4-3-5-9-16/h6-7,10,18H,3-5,8-9,11H2,1-2H3. The van der Waals surface area contributed by atoms with Crippen LogP contribution in [0.4, 0.5) is 4.39 Å². The molecule has 0 atom stereocenters. The Morgan fingerprint density at radius 1 is 1.32 bits per heavy atom. The van der Waals surface area contributed by atoms with Crippen molar-refractivity contribution >= 4 is 5.78 Å². The van der Waals surface area contributed by atoms with Gasteiger partial charge in [0.2, 0.25) is 0 Å². The summed E-state index contributed by atoms with van der Waals surface area (Å²) < 4.78 is 13.2. The maximum absolute atomic E-state index is 13.2. The first-order valence-electron chi connectivity index (χ1n) is 7.05. The van der Waals surface area contributed by atoms with Crippen LogP contribution in [0.3, 0.4) is 0 Å². The summed E-state index contributed by atoms with van der Waals surface area (Å²) in [5, 5.41) is 3.35. The number of hydrogen-bond acceptors (Lipinski definition) is 2. The third-order valence-electron chi connectivity index (χ3n) is 4.32. The quantitative estimate of drug-likeness (QED) is 0.840. The highest BCUT2D eigenvalue weighted by Gasteiger charge is 2.32. The summed E-state index contributed by atoms with van der Waals surface area (Å²) in [7, 11) is 1.94. The van der Waals surface area contributed by atoms with Crippen molar-refractivity contribution in [3.8, 4) is 0 Å². The summed E-state index contributed by atoms with van der Waals surface area (Å²) >= 11 is 0. The van der Waals surface area contributed by atoms with Crippen LogP contribution in [0.1, 0.15) is 54.4 Å². The van der Waals surface area contributed by atoms with E-state index in [2.05, 4.69) is 5.32 Å². The molecule has 19 heavy (non-hydrogen) atoms. The Morgan fingerprint density at radius 3 is 2.58 bits per heavy atom. The predicted octanol–water partition coefficient (Wildman–Crippen LogP) is 3.63. The SMILES string of the molecule is CNC1(CC(=O)c2ccc(F)c(C)c2)CCCCC1. The number of aryl methyl sites for hydroxylation is 1. The molecule has 0 unspecified atom stereocenters. The number of ketones is 1. The van der Waals surface area contributed by atoms with Gasteiger partial charge in [0, 0.05) is 17.5 Å². The van der Waals surface area contributed by atoms with E-state index >= 15 is 0 Å². The van der Waals surface area contributed by atoms with E-state index in [-0.39, 0.29) is 17.1 Å². The summed E-state index contributed by atoms with van der Waals surface area (Å²) in [6.45, 7) is 1.70. The number of Topliss-reactive ketones (excluding diaryl/α,β-unsaturated/α-hetero) is 1. The number of benzene rings is 1. The molecule has 1 fully saturated rings. The van der Waals surface area contributed by atoms with Gasteiger partial charge >= 0.3 is 0 Å². The molecule has 3 heteroatoms. The van der Waals surface area contributed by atoms with Gasteiger partial charge in [-0.2, -0.15) is 0 Å². The molecule has 1 aromatic rings. The fraction of sp³-hybridized carbons (Fsp3) is 0.562. The van der Waals surface area contributed by atoms with Gasteiger partial charge in [0.1, 0.15) is 5.82 Å². The number of nitrogens with one attached hydrogen (secondary N) is 1. The molecule has 2 nitrogen and oxygen atoms in total. The third-order valence-corrected chi connectivity index (χ3v) is 4.32. The van der Waals surface area contributed by atoms with Gasteiger partial charge < -0.3 is 5.32 Å². The normalized spacial score (nSPS) is 18.3. The van der Waals surface area contributed by atoms with Gasteiger partial charge in [0.15, 0.2) is 5.78 Å². The lowest BCUT2D eigenvalue weighted by molar-refractivity contribution is 0.0914. The Balaban J connectivity index is 2.12. The summed E-state index contributed by atoms with van der Waals surface area (Å²) in [6.07, 6.45) is 6.22. The van der Waals surface area contributed by atoms with Gasteiger partial charge in [0.05, 0.1) is 0 Å². The summed E-state index contributed by atoms with van der Waals surface area (Å²) in [5.74, 6) is -0.142. The molecule has 0 spiro atoms. The molecule has 104 valence electrons. The second-order valence-electron chi connectivity index (χ2n) is 5.65. The summed E-state index contributed by atoms with van der Waals surface area (Å²) in [4.78, 5) is 12.4. The van der Waals surface area contributed by atoms with Gasteiger partial charge in [-0.1, -0.05) is 19.3 Å². The van der Waals surface area contributed by atoms with Gasteiger partial charge in [-0.15, -0.1) is 0 Å². The molecule has 0 bridgehead atoms. The molecular weight excluding hydrogens is 241 g/mol. The van der Waals surface area contributed by atoms with Crippen LogP contribution >= 0.6 is 0 Å². The van der Waals surface area contributed by atoms with Crippen molar-refractivity contribution in [1.82, 2.24) is 5.32 Å². The zero-order valence-electron chi connectivity index (χ0n) is 11.8. The van der Waals surface area contributed by atoms with Crippen LogP contribution in [-0.2, 0) is 0 Å². The number of carbonyl (C=O) groups is 1. The molecule has 0 saturated heterocycles. The third kappa shape index (κ3) is 3.21. The molecule has 0 aliphatic heterocycles. The summed E-state index contributed by atoms with van der Waals surface area (Å²) in [6, 6.07) is 4.64. The second kappa shape index (κ2) is 5.83. The lowest BCUT2D eigenvalue weighted by atomic mass is 9.77. The molecule has 1 aromatic carbocycles. The van der Waals surface area contributed by atoms with Crippen LogP contribution in [0.2, 0.25) is 0 Å². The molecule has 0 amide bonds. The Kier molecular flexibility index (Phi) is 4.35. The fourth-order valence-corrected chi connectivity index (χ4v) is 2.97. The van der Waals surface area contributed by atoms with E-state index in [0.29, 0.717) is 17.5 Å². The van der Waals surface area contributed by atoms with Crippen molar-refractivity contribution in [2.75, 3.05) is 7.05 Å². The first-order valence-corrected chi connectivity index (χ1v) is 7.05. The molecular formula is C16H22FNO. The Morgan fingerprint density at radius 2 is 2.00 bits per heavy atom. The minimum Gasteiger partial charge on any atom is -0.314 e. The second-order valence-corrected chi connectivity index (χ2v) is 5.65. The minimum absolute atomic E-state index is 0.0579. The van der Waals surface area contributed by atoms with E-state index in [4.69, 9.17) is 0 Å². The number of rotatable bonds is 4. The topological polar surface area (TPSA) is 29.1 Å². The van der Waals surface area contributed by atoms with Crippen molar-refractivity contribution in [2.45, 2.75) is 51.0 Å². The van der Waals surface area contributed by atoms with Gasteiger partial charge in [0.25, 0.3) is 0 Å². The van der Waals surface area contributed by atoms with Crippen molar-refractivity contribution < 1.29 is 9.18 Å². The van der Waals surface area contributed by atoms with Crippen LogP contribution in [-0.4, -0.2) is 18.4 Å². The van der Waals surface area contributed by atoms with Gasteiger partial charge in [-0.05, 0) is 50.6 Å². The molecule has 1 N–H and O–H groups in total. The maximum Gasteiger partial charge on any atom is 0.164 e. The Hall–Kier alpha value is -1.22. The average molecular weight is 263 g/mol. The Bertz CT molecular complexity index is 464. The molecule has 1 saturated carbocycles. The number of hydrogen-bond donors (Lipinski definition) is 1. The molecule has 0 heterocycles. The highest BCUT2D eigenvalue weighted by molar-refractivity contribution is 5.97. The van der Waals surface area contributed by atoms with Crippen molar-refractivity contribution in [3.05, 3.63) is 35.1 Å². The van der Waals surface area contributed by atoms with Crippen LogP contribution < -0.4 is 5.32 Å². The number of carbonyl (C=O) groups excluding carboxylic acids is 1. The van der Waals surface area contributed by atoms with Gasteiger partial charge in [-0.3, -0.25) is 4.79 Å². The van der Waals surface area contributed by atoms with Crippen molar-refractivity contribution in [1.29, 1.82) is 0 Å². The smallest absolute Gasteiger partial charge is 0.164 e. The first-order chi connectivity index (χ1) is 9.06. The Labute approximate surface area is 114 Å². The van der Waals surface area contributed by atoms with Crippen molar-refractivity contribution in [3.63, 3.8) is 0 Å².